The minimum absolute atomic E-state index is 0.0775. The average molecular weight is 331 g/mol. The SMILES string of the molecule is O=C(OCCCOCc1ccccc1)Oc1ccc([N+](=O)[O-])cc1. The molecule has 0 aliphatic rings. The Kier molecular flexibility index (Phi) is 6.73. The number of hydrogen-bond donors (Lipinski definition) is 0. The molecule has 0 bridgehead atoms. The molecule has 0 fully saturated rings. The molecule has 7 heteroatoms. The summed E-state index contributed by atoms with van der Waals surface area (Å²) < 4.78 is 15.3. The molecular weight excluding hydrogens is 314 g/mol. The normalized spacial score (nSPS) is 10.2. The van der Waals surface area contributed by atoms with Crippen molar-refractivity contribution in [2.75, 3.05) is 13.2 Å². The summed E-state index contributed by atoms with van der Waals surface area (Å²) in [6, 6.07) is 14.9. The maximum absolute atomic E-state index is 11.5. The number of ether oxygens (including phenoxy) is 3. The number of non-ortho nitro benzene ring substituents is 1. The Morgan fingerprint density at radius 2 is 1.71 bits per heavy atom. The predicted molar refractivity (Wildman–Crippen MR) is 85.8 cm³/mol. The first kappa shape index (κ1) is 17.4. The van der Waals surface area contributed by atoms with Gasteiger partial charge >= 0.3 is 6.16 Å². The van der Waals surface area contributed by atoms with E-state index in [0.29, 0.717) is 19.6 Å². The number of carbonyl (C=O) groups excluding carboxylic acids is 1. The van der Waals surface area contributed by atoms with Crippen LogP contribution in [-0.4, -0.2) is 24.3 Å². The molecule has 126 valence electrons. The zero-order valence-corrected chi connectivity index (χ0v) is 12.9. The van der Waals surface area contributed by atoms with Crippen LogP contribution in [0.4, 0.5) is 10.5 Å². The second kappa shape index (κ2) is 9.26. The highest BCUT2D eigenvalue weighted by molar-refractivity contribution is 5.63. The number of benzene rings is 2. The highest BCUT2D eigenvalue weighted by atomic mass is 16.7. The number of rotatable bonds is 8. The molecule has 24 heavy (non-hydrogen) atoms. The lowest BCUT2D eigenvalue weighted by Gasteiger charge is -2.06. The Labute approximate surface area is 138 Å². The van der Waals surface area contributed by atoms with Gasteiger partial charge in [0.2, 0.25) is 0 Å². The minimum Gasteiger partial charge on any atom is -0.434 e. The molecule has 0 saturated heterocycles. The molecule has 0 atom stereocenters. The van der Waals surface area contributed by atoms with Crippen molar-refractivity contribution >= 4 is 11.8 Å². The van der Waals surface area contributed by atoms with E-state index in [-0.39, 0.29) is 18.0 Å². The molecule has 2 rings (SSSR count). The van der Waals surface area contributed by atoms with Gasteiger partial charge in [-0.3, -0.25) is 10.1 Å². The summed E-state index contributed by atoms with van der Waals surface area (Å²) in [4.78, 5) is 21.5. The summed E-state index contributed by atoms with van der Waals surface area (Å²) in [5, 5.41) is 10.5. The maximum atomic E-state index is 11.5. The van der Waals surface area contributed by atoms with Crippen LogP contribution in [0.25, 0.3) is 0 Å². The van der Waals surface area contributed by atoms with Crippen LogP contribution in [0.15, 0.2) is 54.6 Å². The van der Waals surface area contributed by atoms with Crippen molar-refractivity contribution < 1.29 is 23.9 Å². The van der Waals surface area contributed by atoms with E-state index in [1.165, 1.54) is 24.3 Å². The van der Waals surface area contributed by atoms with Crippen molar-refractivity contribution in [3.8, 4) is 5.75 Å². The van der Waals surface area contributed by atoms with E-state index in [2.05, 4.69) is 0 Å². The van der Waals surface area contributed by atoms with Crippen molar-refractivity contribution in [1.29, 1.82) is 0 Å². The fourth-order valence-corrected chi connectivity index (χ4v) is 1.84. The molecule has 0 spiro atoms. The van der Waals surface area contributed by atoms with Gasteiger partial charge in [0, 0.05) is 18.6 Å². The molecule has 0 aliphatic carbocycles. The summed E-state index contributed by atoms with van der Waals surface area (Å²) in [6.07, 6.45) is -0.311. The Morgan fingerprint density at radius 1 is 1.00 bits per heavy atom. The van der Waals surface area contributed by atoms with Crippen molar-refractivity contribution in [2.45, 2.75) is 13.0 Å². The summed E-state index contributed by atoms with van der Waals surface area (Å²) in [5.74, 6) is 0.186. The number of hydrogen-bond acceptors (Lipinski definition) is 6. The third-order valence-electron chi connectivity index (χ3n) is 3.01. The van der Waals surface area contributed by atoms with E-state index in [0.717, 1.165) is 5.56 Å². The number of nitro benzene ring substituents is 1. The second-order valence-electron chi connectivity index (χ2n) is 4.84. The van der Waals surface area contributed by atoms with Gasteiger partial charge in [-0.1, -0.05) is 30.3 Å². The van der Waals surface area contributed by atoms with E-state index < -0.39 is 11.1 Å². The highest BCUT2D eigenvalue weighted by Gasteiger charge is 2.08. The van der Waals surface area contributed by atoms with E-state index in [4.69, 9.17) is 14.2 Å². The average Bonchev–Trinajstić information content (AvgIpc) is 2.59. The topological polar surface area (TPSA) is 87.9 Å². The molecule has 7 nitrogen and oxygen atoms in total. The second-order valence-corrected chi connectivity index (χ2v) is 4.84. The molecular formula is C17H17NO6. The lowest BCUT2D eigenvalue weighted by atomic mass is 10.2. The molecule has 2 aromatic rings. The fraction of sp³-hybridized carbons (Fsp3) is 0.235. The highest BCUT2D eigenvalue weighted by Crippen LogP contribution is 2.17. The lowest BCUT2D eigenvalue weighted by molar-refractivity contribution is -0.384. The first-order valence-electron chi connectivity index (χ1n) is 7.36. The van der Waals surface area contributed by atoms with Crippen LogP contribution < -0.4 is 4.74 Å². The molecule has 0 unspecified atom stereocenters. The first-order chi connectivity index (χ1) is 11.6. The third-order valence-corrected chi connectivity index (χ3v) is 3.01. The monoisotopic (exact) mass is 331 g/mol. The van der Waals surface area contributed by atoms with Crippen molar-refractivity contribution in [3.05, 3.63) is 70.3 Å². The van der Waals surface area contributed by atoms with Crippen molar-refractivity contribution in [1.82, 2.24) is 0 Å². The van der Waals surface area contributed by atoms with Gasteiger partial charge in [0.25, 0.3) is 5.69 Å². The van der Waals surface area contributed by atoms with Crippen LogP contribution >= 0.6 is 0 Å². The van der Waals surface area contributed by atoms with Crippen LogP contribution in [0.2, 0.25) is 0 Å². The molecule has 0 heterocycles. The first-order valence-corrected chi connectivity index (χ1v) is 7.36. The quantitative estimate of drug-likeness (QED) is 0.241. The molecule has 0 aromatic heterocycles. The smallest absolute Gasteiger partial charge is 0.434 e. The Bertz CT molecular complexity index is 657. The zero-order chi connectivity index (χ0) is 17.2. The Hall–Kier alpha value is -2.93. The standard InChI is InChI=1S/C17H17NO6/c19-17(24-16-9-7-15(8-10-16)18(20)21)23-12-4-11-22-13-14-5-2-1-3-6-14/h1-3,5-10H,4,11-13H2. The molecule has 0 N–H and O–H groups in total. The largest absolute Gasteiger partial charge is 0.513 e. The van der Waals surface area contributed by atoms with Crippen molar-refractivity contribution in [2.24, 2.45) is 0 Å². The Morgan fingerprint density at radius 3 is 2.38 bits per heavy atom. The van der Waals surface area contributed by atoms with Gasteiger partial charge in [0.15, 0.2) is 0 Å². The zero-order valence-electron chi connectivity index (χ0n) is 12.9. The molecule has 0 aliphatic heterocycles. The predicted octanol–water partition coefficient (Wildman–Crippen LogP) is 3.72. The van der Waals surface area contributed by atoms with Crippen LogP contribution in [0.3, 0.4) is 0 Å². The fourth-order valence-electron chi connectivity index (χ4n) is 1.84. The molecule has 0 amide bonds. The number of nitrogens with zero attached hydrogens (tertiary/aromatic N) is 1. The van der Waals surface area contributed by atoms with Gasteiger partial charge in [-0.25, -0.2) is 4.79 Å². The van der Waals surface area contributed by atoms with E-state index >= 15 is 0 Å². The van der Waals surface area contributed by atoms with Crippen LogP contribution in [0.1, 0.15) is 12.0 Å². The maximum Gasteiger partial charge on any atom is 0.513 e. The van der Waals surface area contributed by atoms with Gasteiger partial charge in [-0.05, 0) is 17.7 Å². The van der Waals surface area contributed by atoms with Crippen LogP contribution in [-0.2, 0) is 16.1 Å². The summed E-state index contributed by atoms with van der Waals surface area (Å²) >= 11 is 0. The number of nitro groups is 1. The number of carbonyl (C=O) groups is 1. The van der Waals surface area contributed by atoms with E-state index in [1.54, 1.807) is 0 Å². The third kappa shape index (κ3) is 6.05. The minimum atomic E-state index is -0.855. The van der Waals surface area contributed by atoms with Crippen LogP contribution in [0, 0.1) is 10.1 Å². The van der Waals surface area contributed by atoms with E-state index in [1.807, 2.05) is 30.3 Å². The van der Waals surface area contributed by atoms with Gasteiger partial charge in [0.1, 0.15) is 5.75 Å². The Balaban J connectivity index is 1.58. The van der Waals surface area contributed by atoms with Gasteiger partial charge in [0.05, 0.1) is 24.7 Å². The summed E-state index contributed by atoms with van der Waals surface area (Å²) in [7, 11) is 0. The molecule has 2 aromatic carbocycles. The lowest BCUT2D eigenvalue weighted by Crippen LogP contribution is -2.12. The molecule has 0 radical (unpaired) electrons. The summed E-state index contributed by atoms with van der Waals surface area (Å²) in [6.45, 7) is 1.13. The van der Waals surface area contributed by atoms with Crippen molar-refractivity contribution in [3.63, 3.8) is 0 Å². The van der Waals surface area contributed by atoms with E-state index in [9.17, 15) is 14.9 Å². The molecule has 0 saturated carbocycles. The van der Waals surface area contributed by atoms with Crippen LogP contribution in [0.5, 0.6) is 5.75 Å². The van der Waals surface area contributed by atoms with Gasteiger partial charge < -0.3 is 14.2 Å². The van der Waals surface area contributed by atoms with Gasteiger partial charge in [-0.2, -0.15) is 0 Å². The van der Waals surface area contributed by atoms with Gasteiger partial charge in [-0.15, -0.1) is 0 Å². The summed E-state index contributed by atoms with van der Waals surface area (Å²) in [5.41, 5.74) is 1.00.